The third kappa shape index (κ3) is 11.3. The number of rotatable bonds is 8. The summed E-state index contributed by atoms with van der Waals surface area (Å²) in [6.07, 6.45) is 17.5. The average Bonchev–Trinajstić information content (AvgIpc) is 4.11. The normalized spacial score (nSPS) is 22.0. The molecule has 4 aromatic rings. The zero-order valence-corrected chi connectivity index (χ0v) is 38.5. The molecular weight excluding hydrogens is 825 g/mol. The highest BCUT2D eigenvalue weighted by Gasteiger charge is 2.40. The summed E-state index contributed by atoms with van der Waals surface area (Å²) in [6, 6.07) is 37.1. The number of benzene rings is 4. The van der Waals surface area contributed by atoms with E-state index in [1.54, 1.807) is 10.5 Å². The molecule has 4 aromatic carbocycles. The molecule has 5 aliphatic heterocycles. The van der Waals surface area contributed by atoms with E-state index in [0.717, 1.165) is 102 Å². The minimum atomic E-state index is -0.340. The summed E-state index contributed by atoms with van der Waals surface area (Å²) in [5.74, 6) is 0.879. The second kappa shape index (κ2) is 21.6. The molecular formula is C56H68N4O6. The van der Waals surface area contributed by atoms with Crippen LogP contribution in [0.15, 0.2) is 121 Å². The molecule has 0 bridgehead atoms. The number of ether oxygens (including phenoxy) is 3. The Bertz CT molecular complexity index is 2250. The van der Waals surface area contributed by atoms with E-state index in [1.165, 1.54) is 29.5 Å². The summed E-state index contributed by atoms with van der Waals surface area (Å²) in [6.45, 7) is 9.51. The van der Waals surface area contributed by atoms with E-state index < -0.39 is 0 Å². The smallest absolute Gasteiger partial charge is 0.410 e. The molecule has 2 spiro atoms. The number of β-amino-alcohol motifs (C(OH)–C–C–N with tert-alkyl or cyclic N) is 1. The largest absolute Gasteiger partial charge is 0.445 e. The van der Waals surface area contributed by atoms with Crippen LogP contribution in [0.4, 0.5) is 9.59 Å². The third-order valence-corrected chi connectivity index (χ3v) is 15.3. The van der Waals surface area contributed by atoms with Crippen LogP contribution in [0.25, 0.3) is 12.2 Å². The van der Waals surface area contributed by atoms with Gasteiger partial charge in [0.2, 0.25) is 0 Å². The molecule has 2 atom stereocenters. The first-order valence-corrected chi connectivity index (χ1v) is 24.6. The molecule has 0 radical (unpaired) electrons. The Kier molecular flexibility index (Phi) is 15.0. The lowest BCUT2D eigenvalue weighted by Crippen LogP contribution is -2.47. The van der Waals surface area contributed by atoms with Crippen molar-refractivity contribution in [2.75, 3.05) is 65.5 Å². The number of piperidine rings is 4. The second-order valence-electron chi connectivity index (χ2n) is 19.4. The number of hydrogen-bond donors (Lipinski definition) is 2. The van der Waals surface area contributed by atoms with Crippen LogP contribution in [-0.4, -0.2) is 110 Å². The molecule has 348 valence electrons. The Hall–Kier alpha value is -5.26. The zero-order chi connectivity index (χ0) is 45.2. The molecule has 10 nitrogen and oxygen atoms in total. The van der Waals surface area contributed by atoms with Gasteiger partial charge in [0.1, 0.15) is 13.2 Å². The number of carbonyl (C=O) groups excluding carboxylic acids is 2. The zero-order valence-electron chi connectivity index (χ0n) is 38.5. The molecule has 0 saturated carbocycles. The fourth-order valence-corrected chi connectivity index (χ4v) is 11.0. The van der Waals surface area contributed by atoms with Crippen molar-refractivity contribution in [3.63, 3.8) is 0 Å². The van der Waals surface area contributed by atoms with E-state index in [1.807, 2.05) is 65.6 Å². The number of epoxide rings is 1. The fourth-order valence-electron chi connectivity index (χ4n) is 11.0. The summed E-state index contributed by atoms with van der Waals surface area (Å²) in [5.41, 5.74) is 8.37. The van der Waals surface area contributed by atoms with Gasteiger partial charge in [0.15, 0.2) is 0 Å². The van der Waals surface area contributed by atoms with E-state index in [0.29, 0.717) is 43.7 Å². The predicted octanol–water partition coefficient (Wildman–Crippen LogP) is 9.23. The topological polar surface area (TPSA) is 107 Å². The summed E-state index contributed by atoms with van der Waals surface area (Å²) in [5, 5.41) is 14.4. The number of aliphatic hydroxyl groups excluding tert-OH is 1. The van der Waals surface area contributed by atoms with Gasteiger partial charge in [0, 0.05) is 43.6 Å². The van der Waals surface area contributed by atoms with E-state index in [-0.39, 0.29) is 29.6 Å². The number of aliphatic hydroxyl groups is 1. The number of nitrogens with one attached hydrogen (secondary N) is 1. The van der Waals surface area contributed by atoms with Gasteiger partial charge in [0.05, 0.1) is 18.8 Å². The van der Waals surface area contributed by atoms with Crippen molar-refractivity contribution >= 4 is 24.3 Å². The maximum atomic E-state index is 12.4. The molecule has 2 amide bonds. The van der Waals surface area contributed by atoms with E-state index in [2.05, 4.69) is 83.1 Å². The molecule has 5 heterocycles. The monoisotopic (exact) mass is 893 g/mol. The number of nitrogens with zero attached hydrogens (tertiary/aromatic N) is 3. The first-order chi connectivity index (χ1) is 32.4. The van der Waals surface area contributed by atoms with Gasteiger partial charge in [0.25, 0.3) is 0 Å². The third-order valence-electron chi connectivity index (χ3n) is 15.3. The van der Waals surface area contributed by atoms with Crippen molar-refractivity contribution in [1.82, 2.24) is 20.0 Å². The van der Waals surface area contributed by atoms with Crippen LogP contribution in [0.1, 0.15) is 84.7 Å². The minimum absolute atomic E-state index is 0.184. The molecule has 2 N–H and O–H groups in total. The van der Waals surface area contributed by atoms with Crippen LogP contribution in [0, 0.1) is 11.8 Å². The summed E-state index contributed by atoms with van der Waals surface area (Å²) < 4.78 is 16.1. The first kappa shape index (κ1) is 45.9. The van der Waals surface area contributed by atoms with Crippen LogP contribution in [-0.2, 0) is 38.3 Å². The van der Waals surface area contributed by atoms with Crippen molar-refractivity contribution in [2.45, 2.75) is 87.6 Å². The van der Waals surface area contributed by atoms with Crippen LogP contribution < -0.4 is 5.32 Å². The van der Waals surface area contributed by atoms with Crippen LogP contribution >= 0.6 is 0 Å². The molecule has 7 aliphatic rings. The standard InChI is InChI=1S/C28H34N2O3.C15H19NO3.C13H15N/c31-26(20-29-18-14-28(15-19-29)13-10-23-8-4-5-9-25(23)28)24-11-16-30(17-12-24)27(32)33-21-22-6-2-1-3-7-22;17-15(19-10-12-4-2-1-3-5-12)16-8-6-13(7-9-16)14-11-18-14;1-2-4-12-11(3-1)5-6-13(12)7-9-14-10-8-13/h1-10,13,24,26,31H,11-12,14-21H2;1-5,13-14H,6-11H2;1-6,14H,7-10H2. The SMILES string of the molecule is C1=CC2(CCNCC2)c2ccccc21.O=C(OCc1ccccc1)N1CCC(C(O)CN2CCC3(C=Cc4ccccc43)CC2)CC1.O=C(OCc1ccccc1)N1CCC(C2CO2)CC1. The highest BCUT2D eigenvalue weighted by molar-refractivity contribution is 5.68. The highest BCUT2D eigenvalue weighted by Crippen LogP contribution is 2.44. The maximum Gasteiger partial charge on any atom is 0.410 e. The number of allylic oxidation sites excluding steroid dienone is 2. The first-order valence-electron chi connectivity index (χ1n) is 24.6. The van der Waals surface area contributed by atoms with E-state index in [9.17, 15) is 14.7 Å². The highest BCUT2D eigenvalue weighted by atomic mass is 16.6. The lowest BCUT2D eigenvalue weighted by Gasteiger charge is -2.41. The van der Waals surface area contributed by atoms with Gasteiger partial charge in [-0.15, -0.1) is 0 Å². The predicted molar refractivity (Wildman–Crippen MR) is 260 cm³/mol. The molecule has 2 aliphatic carbocycles. The van der Waals surface area contributed by atoms with E-state index >= 15 is 0 Å². The van der Waals surface area contributed by atoms with Crippen LogP contribution in [0.5, 0.6) is 0 Å². The fraction of sp³-hybridized carbons (Fsp3) is 0.464. The quantitative estimate of drug-likeness (QED) is 0.169. The van der Waals surface area contributed by atoms with Crippen molar-refractivity contribution in [2.24, 2.45) is 11.8 Å². The summed E-state index contributed by atoms with van der Waals surface area (Å²) >= 11 is 0. The minimum Gasteiger partial charge on any atom is -0.445 e. The molecule has 5 fully saturated rings. The van der Waals surface area contributed by atoms with E-state index in [4.69, 9.17) is 14.2 Å². The molecule has 0 aromatic heterocycles. The van der Waals surface area contributed by atoms with Crippen LogP contribution in [0.2, 0.25) is 0 Å². The molecule has 2 unspecified atom stereocenters. The van der Waals surface area contributed by atoms with Crippen molar-refractivity contribution in [3.8, 4) is 0 Å². The maximum absolute atomic E-state index is 12.4. The Morgan fingerprint density at radius 3 is 1.58 bits per heavy atom. The van der Waals surface area contributed by atoms with Gasteiger partial charge >= 0.3 is 12.2 Å². The lowest BCUT2D eigenvalue weighted by atomic mass is 9.74. The van der Waals surface area contributed by atoms with Gasteiger partial charge in [-0.05, 0) is 123 Å². The molecule has 10 heteroatoms. The Balaban J connectivity index is 0.000000139. The van der Waals surface area contributed by atoms with Crippen LogP contribution in [0.3, 0.4) is 0 Å². The number of hydrogen-bond acceptors (Lipinski definition) is 8. The van der Waals surface area contributed by atoms with Gasteiger partial charge in [-0.1, -0.05) is 133 Å². The second-order valence-corrected chi connectivity index (χ2v) is 19.4. The van der Waals surface area contributed by atoms with Gasteiger partial charge in [-0.3, -0.25) is 0 Å². The molecule has 66 heavy (non-hydrogen) atoms. The lowest BCUT2D eigenvalue weighted by molar-refractivity contribution is 0.0192. The average molecular weight is 893 g/mol. The number of likely N-dealkylation sites (tertiary alicyclic amines) is 3. The van der Waals surface area contributed by atoms with Gasteiger partial charge < -0.3 is 39.3 Å². The number of fused-ring (bicyclic) bond motifs is 4. The molecule has 11 rings (SSSR count). The van der Waals surface area contributed by atoms with Gasteiger partial charge in [-0.25, -0.2) is 9.59 Å². The summed E-state index contributed by atoms with van der Waals surface area (Å²) in [7, 11) is 0. The Morgan fingerprint density at radius 1 is 0.621 bits per heavy atom. The van der Waals surface area contributed by atoms with Crippen molar-refractivity contribution in [3.05, 3.63) is 155 Å². The van der Waals surface area contributed by atoms with Crippen molar-refractivity contribution < 1.29 is 28.9 Å². The Morgan fingerprint density at radius 2 is 1.08 bits per heavy atom. The summed E-state index contributed by atoms with van der Waals surface area (Å²) in [4.78, 5) is 30.3. The number of carbonyl (C=O) groups is 2. The number of amides is 2. The molecule has 5 saturated heterocycles. The Labute approximate surface area is 391 Å². The van der Waals surface area contributed by atoms with Crippen molar-refractivity contribution in [1.29, 1.82) is 0 Å². The van der Waals surface area contributed by atoms with Gasteiger partial charge in [-0.2, -0.15) is 0 Å².